The maximum atomic E-state index is 13.4. The molecule has 42 heavy (non-hydrogen) atoms. The number of ketones is 1. The molecule has 5 aromatic rings. The minimum Gasteiger partial charge on any atom is -0.383 e. The highest BCUT2D eigenvalue weighted by Crippen LogP contribution is 2.45. The Balaban J connectivity index is 1.24. The summed E-state index contributed by atoms with van der Waals surface area (Å²) in [6, 6.07) is 11.5. The molecule has 1 unspecified atom stereocenters. The number of anilines is 2. The van der Waals surface area contributed by atoms with Crippen molar-refractivity contribution in [3.05, 3.63) is 77.6 Å². The van der Waals surface area contributed by atoms with Crippen molar-refractivity contribution in [2.24, 2.45) is 0 Å². The van der Waals surface area contributed by atoms with E-state index >= 15 is 0 Å². The third-order valence-corrected chi connectivity index (χ3v) is 8.46. The van der Waals surface area contributed by atoms with Crippen LogP contribution in [-0.2, 0) is 0 Å². The average molecular weight is 566 g/mol. The van der Waals surface area contributed by atoms with Crippen LogP contribution in [-0.4, -0.2) is 58.5 Å². The number of rotatable bonds is 5. The molecule has 2 aliphatic rings. The van der Waals surface area contributed by atoms with E-state index in [1.807, 2.05) is 17.0 Å². The Morgan fingerprint density at radius 3 is 2.33 bits per heavy atom. The summed E-state index contributed by atoms with van der Waals surface area (Å²) >= 11 is 0. The van der Waals surface area contributed by atoms with Crippen LogP contribution in [0, 0.1) is 5.82 Å². The summed E-state index contributed by atoms with van der Waals surface area (Å²) in [6.07, 6.45) is 6.44. The van der Waals surface area contributed by atoms with Crippen molar-refractivity contribution >= 4 is 29.0 Å². The molecule has 7 rings (SSSR count). The molecule has 0 saturated carbocycles. The molecule has 2 saturated heterocycles. The fourth-order valence-electron chi connectivity index (χ4n) is 6.56. The van der Waals surface area contributed by atoms with Gasteiger partial charge in [-0.3, -0.25) is 19.7 Å². The van der Waals surface area contributed by atoms with Crippen LogP contribution >= 0.6 is 0 Å². The molecule has 5 N–H and O–H groups in total. The van der Waals surface area contributed by atoms with Crippen molar-refractivity contribution in [1.29, 1.82) is 0 Å². The van der Waals surface area contributed by atoms with Crippen LogP contribution in [0.2, 0.25) is 0 Å². The maximum Gasteiger partial charge on any atom is 0.272 e. The van der Waals surface area contributed by atoms with Gasteiger partial charge in [0.2, 0.25) is 0 Å². The first kappa shape index (κ1) is 25.8. The topological polar surface area (TPSA) is 161 Å². The van der Waals surface area contributed by atoms with Crippen molar-refractivity contribution in [3.63, 3.8) is 0 Å². The summed E-state index contributed by atoms with van der Waals surface area (Å²) in [4.78, 5) is 37.7. The zero-order chi connectivity index (χ0) is 29.1. The van der Waals surface area contributed by atoms with Gasteiger partial charge in [0.1, 0.15) is 23.1 Å². The molecule has 11 nitrogen and oxygen atoms in total. The lowest BCUT2D eigenvalue weighted by molar-refractivity contribution is 0.0562. The predicted octanol–water partition coefficient (Wildman–Crippen LogP) is 4.24. The number of nitrogens with zero attached hydrogens (tertiary/aromatic N) is 6. The molecule has 0 spiro atoms. The zero-order valence-electron chi connectivity index (χ0n) is 22.8. The number of carbonyl (C=O) groups excluding carboxylic acids is 2. The van der Waals surface area contributed by atoms with Crippen LogP contribution in [0.1, 0.15) is 65.1 Å². The van der Waals surface area contributed by atoms with Gasteiger partial charge in [-0.25, -0.2) is 9.37 Å². The molecule has 212 valence electrons. The molecule has 12 heteroatoms. The van der Waals surface area contributed by atoms with Gasteiger partial charge in [-0.05, 0) is 62.9 Å². The van der Waals surface area contributed by atoms with Gasteiger partial charge in [0.15, 0.2) is 11.4 Å². The predicted molar refractivity (Wildman–Crippen MR) is 154 cm³/mol. The third kappa shape index (κ3) is 4.18. The largest absolute Gasteiger partial charge is 0.383 e. The second-order valence-electron chi connectivity index (χ2n) is 11.0. The molecular weight excluding hydrogens is 537 g/mol. The van der Waals surface area contributed by atoms with E-state index in [0.717, 1.165) is 29.5 Å². The van der Waals surface area contributed by atoms with Crippen LogP contribution in [0.3, 0.4) is 0 Å². The average Bonchev–Trinajstić information content (AvgIpc) is 3.68. The van der Waals surface area contributed by atoms with Crippen LogP contribution in [0.15, 0.2) is 54.9 Å². The summed E-state index contributed by atoms with van der Waals surface area (Å²) in [5.74, 6) is -0.154. The Kier molecular flexibility index (Phi) is 5.99. The van der Waals surface area contributed by atoms with Gasteiger partial charge in [0.05, 0.1) is 23.1 Å². The zero-order valence-corrected chi connectivity index (χ0v) is 22.8. The molecular formula is C30H28FN9O2. The number of aromatic amines is 1. The minimum atomic E-state index is -0.306. The van der Waals surface area contributed by atoms with E-state index in [1.165, 1.54) is 23.6 Å². The molecule has 4 aromatic heterocycles. The normalized spacial score (nSPS) is 19.9. The van der Waals surface area contributed by atoms with Gasteiger partial charge in [0, 0.05) is 47.0 Å². The van der Waals surface area contributed by atoms with Crippen LogP contribution in [0.25, 0.3) is 28.0 Å². The van der Waals surface area contributed by atoms with Crippen LogP contribution in [0.5, 0.6) is 0 Å². The number of halogens is 1. The minimum absolute atomic E-state index is 0.00239. The lowest BCUT2D eigenvalue weighted by atomic mass is 9.85. The highest BCUT2D eigenvalue weighted by Gasteiger charge is 2.45. The Hall–Kier alpha value is -5.13. The number of nitrogens with one attached hydrogen (secondary N) is 1. The standard InChI is InChI=1S/C30H28FN9O2/c1-15(41)26-27(18-10-20-7-8-21(11-18)39(20)30(42)24-12-25(32)38-37-24)36-29-22(14-35-40(29)28(26)33)17-4-9-23(34-13-17)16-2-5-19(31)6-3-16/h2-6,9,12-14,18,20-21H,7-8,10-11,33H2,1H3,(H3,32,37,38)/t18?,20-,21+. The molecule has 6 heterocycles. The van der Waals surface area contributed by atoms with Gasteiger partial charge in [-0.15, -0.1) is 0 Å². The van der Waals surface area contributed by atoms with Crippen molar-refractivity contribution in [2.45, 2.75) is 50.6 Å². The van der Waals surface area contributed by atoms with E-state index in [1.54, 1.807) is 30.6 Å². The molecule has 2 aliphatic heterocycles. The van der Waals surface area contributed by atoms with Gasteiger partial charge in [-0.1, -0.05) is 6.07 Å². The van der Waals surface area contributed by atoms with Crippen LogP contribution in [0.4, 0.5) is 16.0 Å². The van der Waals surface area contributed by atoms with E-state index in [-0.39, 0.29) is 47.1 Å². The fraction of sp³-hybridized carbons (Fsp3) is 0.267. The van der Waals surface area contributed by atoms with E-state index in [9.17, 15) is 14.0 Å². The summed E-state index contributed by atoms with van der Waals surface area (Å²) in [7, 11) is 0. The third-order valence-electron chi connectivity index (χ3n) is 8.46. The van der Waals surface area contributed by atoms with Crippen molar-refractivity contribution in [1.82, 2.24) is 34.7 Å². The quantitative estimate of drug-likeness (QED) is 0.267. The number of H-pyrrole nitrogens is 1. The number of nitrogens with two attached hydrogens (primary N) is 2. The van der Waals surface area contributed by atoms with Gasteiger partial charge in [0.25, 0.3) is 5.91 Å². The summed E-state index contributed by atoms with van der Waals surface area (Å²) in [5, 5.41) is 11.1. The first-order valence-electron chi connectivity index (χ1n) is 13.8. The van der Waals surface area contributed by atoms with Crippen LogP contribution < -0.4 is 11.5 Å². The van der Waals surface area contributed by atoms with Crippen molar-refractivity contribution in [3.8, 4) is 22.4 Å². The number of hydrogen-bond acceptors (Lipinski definition) is 8. The number of piperidine rings is 1. The molecule has 2 fully saturated rings. The van der Waals surface area contributed by atoms with E-state index in [2.05, 4.69) is 20.3 Å². The number of aromatic nitrogens is 6. The highest BCUT2D eigenvalue weighted by molar-refractivity contribution is 6.00. The maximum absolute atomic E-state index is 13.4. The molecule has 1 aromatic carbocycles. The van der Waals surface area contributed by atoms with Gasteiger partial charge in [-0.2, -0.15) is 14.7 Å². The van der Waals surface area contributed by atoms with Crippen molar-refractivity contribution < 1.29 is 14.0 Å². The number of carbonyl (C=O) groups is 2. The smallest absolute Gasteiger partial charge is 0.272 e. The van der Waals surface area contributed by atoms with E-state index in [4.69, 9.17) is 16.5 Å². The Labute approximate surface area is 239 Å². The molecule has 1 amide bonds. The second-order valence-corrected chi connectivity index (χ2v) is 11.0. The monoisotopic (exact) mass is 565 g/mol. The fourth-order valence-corrected chi connectivity index (χ4v) is 6.56. The van der Waals surface area contributed by atoms with Gasteiger partial charge < -0.3 is 16.4 Å². The van der Waals surface area contributed by atoms with E-state index in [0.29, 0.717) is 41.1 Å². The number of amides is 1. The van der Waals surface area contributed by atoms with Crippen molar-refractivity contribution in [2.75, 3.05) is 11.5 Å². The molecule has 0 radical (unpaired) electrons. The number of benzene rings is 1. The summed E-state index contributed by atoms with van der Waals surface area (Å²) < 4.78 is 14.9. The SMILES string of the molecule is CC(=O)c1c(C2C[C@H]3CC[C@@H](C2)N3C(=O)c2cc(N)n[nH]2)nc2c(-c3ccc(-c4ccc(F)cc4)nc3)cnn2c1N. The molecule has 0 aliphatic carbocycles. The first-order valence-corrected chi connectivity index (χ1v) is 13.8. The summed E-state index contributed by atoms with van der Waals surface area (Å²) in [5.41, 5.74) is 17.2. The van der Waals surface area contributed by atoms with E-state index < -0.39 is 0 Å². The highest BCUT2D eigenvalue weighted by atomic mass is 19.1. The molecule has 2 bridgehead atoms. The number of fused-ring (bicyclic) bond motifs is 3. The Bertz CT molecular complexity index is 1830. The number of Topliss-reactive ketones (excluding diaryl/α,β-unsaturated/α-hetero) is 1. The Morgan fingerprint density at radius 2 is 1.71 bits per heavy atom. The molecule has 3 atom stereocenters. The first-order chi connectivity index (χ1) is 20.3. The number of nitrogen functional groups attached to an aromatic ring is 2. The Morgan fingerprint density at radius 1 is 1.00 bits per heavy atom. The lowest BCUT2D eigenvalue weighted by Crippen LogP contribution is -2.46. The van der Waals surface area contributed by atoms with Gasteiger partial charge >= 0.3 is 0 Å². The number of hydrogen-bond donors (Lipinski definition) is 3. The number of pyridine rings is 1. The lowest BCUT2D eigenvalue weighted by Gasteiger charge is -2.39. The second kappa shape index (κ2) is 9.75. The summed E-state index contributed by atoms with van der Waals surface area (Å²) in [6.45, 7) is 1.49.